The summed E-state index contributed by atoms with van der Waals surface area (Å²) in [7, 11) is 1.31. The molecule has 1 aliphatic carbocycles. The number of aryl methyl sites for hydroxylation is 1. The topological polar surface area (TPSA) is 91.0 Å². The van der Waals surface area contributed by atoms with Crippen molar-refractivity contribution in [2.45, 2.75) is 44.4 Å². The number of halogens is 3. The third kappa shape index (κ3) is 5.41. The molecule has 0 atom stereocenters. The number of hydrogen-bond donors (Lipinski definition) is 1. The lowest BCUT2D eigenvalue weighted by Crippen LogP contribution is -2.16. The van der Waals surface area contributed by atoms with Crippen molar-refractivity contribution in [3.8, 4) is 0 Å². The monoisotopic (exact) mass is 461 g/mol. The molecule has 1 N–H and O–H groups in total. The van der Waals surface area contributed by atoms with Crippen LogP contribution in [0.2, 0.25) is 0 Å². The molecule has 0 unspecified atom stereocenters. The SMILES string of the molecule is COC(=O)c1ccccc1Cn1cc(NC(=O)CCn2nc(C(F)(F)F)cc2C2CC2)cn1. The van der Waals surface area contributed by atoms with Crippen molar-refractivity contribution in [1.82, 2.24) is 19.6 Å². The maximum absolute atomic E-state index is 13.0. The van der Waals surface area contributed by atoms with E-state index in [-0.39, 0.29) is 24.8 Å². The van der Waals surface area contributed by atoms with Gasteiger partial charge in [-0.3, -0.25) is 14.2 Å². The van der Waals surface area contributed by atoms with Gasteiger partial charge < -0.3 is 10.1 Å². The molecule has 0 aliphatic heterocycles. The molecule has 1 saturated carbocycles. The fourth-order valence-corrected chi connectivity index (χ4v) is 3.54. The van der Waals surface area contributed by atoms with Crippen molar-refractivity contribution in [2.75, 3.05) is 12.4 Å². The van der Waals surface area contributed by atoms with Crippen LogP contribution in [0.1, 0.15) is 52.5 Å². The fraction of sp³-hybridized carbons (Fsp3) is 0.364. The fourth-order valence-electron chi connectivity index (χ4n) is 3.54. The number of nitrogens with zero attached hydrogens (tertiary/aromatic N) is 4. The maximum atomic E-state index is 13.0. The number of hydrogen-bond acceptors (Lipinski definition) is 5. The van der Waals surface area contributed by atoms with Gasteiger partial charge in [-0.15, -0.1) is 0 Å². The highest BCUT2D eigenvalue weighted by molar-refractivity contribution is 5.91. The third-order valence-corrected chi connectivity index (χ3v) is 5.32. The van der Waals surface area contributed by atoms with Crippen molar-refractivity contribution >= 4 is 17.6 Å². The summed E-state index contributed by atoms with van der Waals surface area (Å²) in [6.45, 7) is 0.341. The van der Waals surface area contributed by atoms with E-state index in [4.69, 9.17) is 4.74 Å². The van der Waals surface area contributed by atoms with Crippen LogP contribution in [-0.2, 0) is 28.8 Å². The van der Waals surface area contributed by atoms with Crippen molar-refractivity contribution in [1.29, 1.82) is 0 Å². The van der Waals surface area contributed by atoms with Gasteiger partial charge in [0.05, 0.1) is 31.1 Å². The van der Waals surface area contributed by atoms with Crippen molar-refractivity contribution < 1.29 is 27.5 Å². The largest absolute Gasteiger partial charge is 0.465 e. The van der Waals surface area contributed by atoms with Crippen LogP contribution >= 0.6 is 0 Å². The first kappa shape index (κ1) is 22.6. The number of carbonyl (C=O) groups is 2. The van der Waals surface area contributed by atoms with Crippen LogP contribution in [0.15, 0.2) is 42.7 Å². The Hall–Kier alpha value is -3.63. The number of rotatable bonds is 8. The van der Waals surface area contributed by atoms with Crippen LogP contribution < -0.4 is 5.32 Å². The van der Waals surface area contributed by atoms with Crippen LogP contribution in [-0.4, -0.2) is 38.5 Å². The molecule has 1 fully saturated rings. The van der Waals surface area contributed by atoms with Crippen LogP contribution in [0, 0.1) is 0 Å². The van der Waals surface area contributed by atoms with Crippen LogP contribution in [0.25, 0.3) is 0 Å². The Bertz CT molecular complexity index is 1160. The molecule has 174 valence electrons. The molecule has 2 aromatic heterocycles. The number of alkyl halides is 3. The number of esters is 1. The summed E-state index contributed by atoms with van der Waals surface area (Å²) in [5, 5.41) is 10.5. The number of amides is 1. The molecule has 3 aromatic rings. The number of ether oxygens (including phenoxy) is 1. The van der Waals surface area contributed by atoms with Gasteiger partial charge in [0.25, 0.3) is 0 Å². The molecule has 11 heteroatoms. The highest BCUT2D eigenvalue weighted by Crippen LogP contribution is 2.42. The van der Waals surface area contributed by atoms with Gasteiger partial charge in [0.2, 0.25) is 5.91 Å². The number of aromatic nitrogens is 4. The standard InChI is InChI=1S/C22H22F3N5O3/c1-33-21(32)17-5-3-2-4-15(17)12-29-13-16(11-26-29)27-20(31)8-9-30-18(14-6-7-14)10-19(28-30)22(23,24)25/h2-5,10-11,13-14H,6-9,12H2,1H3,(H,27,31). The highest BCUT2D eigenvalue weighted by atomic mass is 19.4. The Balaban J connectivity index is 1.37. The Morgan fingerprint density at radius 3 is 2.70 bits per heavy atom. The maximum Gasteiger partial charge on any atom is 0.435 e. The van der Waals surface area contributed by atoms with E-state index in [1.54, 1.807) is 35.1 Å². The minimum absolute atomic E-state index is 0.0327. The molecule has 33 heavy (non-hydrogen) atoms. The molecule has 0 radical (unpaired) electrons. The van der Waals surface area contributed by atoms with Gasteiger partial charge in [-0.05, 0) is 30.5 Å². The lowest BCUT2D eigenvalue weighted by Gasteiger charge is -2.08. The smallest absolute Gasteiger partial charge is 0.435 e. The second kappa shape index (κ2) is 9.08. The van der Waals surface area contributed by atoms with Crippen LogP contribution in [0.4, 0.5) is 18.9 Å². The third-order valence-electron chi connectivity index (χ3n) is 5.32. The van der Waals surface area contributed by atoms with E-state index in [0.29, 0.717) is 29.1 Å². The first-order valence-corrected chi connectivity index (χ1v) is 10.4. The summed E-state index contributed by atoms with van der Waals surface area (Å²) in [4.78, 5) is 24.3. The number of carbonyl (C=O) groups excluding carboxylic acids is 2. The van der Waals surface area contributed by atoms with Crippen LogP contribution in [0.5, 0.6) is 0 Å². The molecule has 1 amide bonds. The van der Waals surface area contributed by atoms with Crippen molar-refractivity contribution in [2.24, 2.45) is 0 Å². The molecular formula is C22H22F3N5O3. The predicted molar refractivity (Wildman–Crippen MR) is 112 cm³/mol. The van der Waals surface area contributed by atoms with Gasteiger partial charge in [-0.1, -0.05) is 18.2 Å². The molecule has 1 aromatic carbocycles. The van der Waals surface area contributed by atoms with Gasteiger partial charge in [0.15, 0.2) is 5.69 Å². The van der Waals surface area contributed by atoms with E-state index in [1.165, 1.54) is 18.0 Å². The van der Waals surface area contributed by atoms with E-state index < -0.39 is 17.8 Å². The Kier molecular flexibility index (Phi) is 6.21. The number of nitrogens with one attached hydrogen (secondary N) is 1. The Morgan fingerprint density at radius 1 is 1.24 bits per heavy atom. The number of benzene rings is 1. The summed E-state index contributed by atoms with van der Waals surface area (Å²) in [5.74, 6) is -0.748. The molecule has 8 nitrogen and oxygen atoms in total. The number of methoxy groups -OCH3 is 1. The first-order valence-electron chi connectivity index (χ1n) is 10.4. The van der Waals surface area contributed by atoms with E-state index in [9.17, 15) is 22.8 Å². The molecule has 4 rings (SSSR count). The summed E-state index contributed by atoms with van der Waals surface area (Å²) in [6.07, 6.45) is 0.176. The van der Waals surface area contributed by atoms with E-state index in [0.717, 1.165) is 18.9 Å². The lowest BCUT2D eigenvalue weighted by molar-refractivity contribution is -0.141. The van der Waals surface area contributed by atoms with Gasteiger partial charge in [-0.25, -0.2) is 4.79 Å². The molecular weight excluding hydrogens is 439 g/mol. The summed E-state index contributed by atoms with van der Waals surface area (Å²) < 4.78 is 46.7. The summed E-state index contributed by atoms with van der Waals surface area (Å²) in [5.41, 5.74) is 1.15. The minimum Gasteiger partial charge on any atom is -0.465 e. The molecule has 0 bridgehead atoms. The summed E-state index contributed by atoms with van der Waals surface area (Å²) >= 11 is 0. The second-order valence-electron chi connectivity index (χ2n) is 7.82. The first-order chi connectivity index (χ1) is 15.7. The van der Waals surface area contributed by atoms with E-state index in [1.807, 2.05) is 0 Å². The van der Waals surface area contributed by atoms with Gasteiger partial charge in [0.1, 0.15) is 0 Å². The van der Waals surface area contributed by atoms with Crippen molar-refractivity contribution in [3.63, 3.8) is 0 Å². The Labute approximate surface area is 187 Å². The normalized spacial score (nSPS) is 13.7. The zero-order chi connectivity index (χ0) is 23.6. The van der Waals surface area contributed by atoms with Gasteiger partial charge >= 0.3 is 12.1 Å². The second-order valence-corrected chi connectivity index (χ2v) is 7.82. The van der Waals surface area contributed by atoms with Crippen molar-refractivity contribution in [3.05, 3.63) is 65.2 Å². The molecule has 0 spiro atoms. The minimum atomic E-state index is -4.52. The van der Waals surface area contributed by atoms with E-state index in [2.05, 4.69) is 15.5 Å². The van der Waals surface area contributed by atoms with Gasteiger partial charge in [0, 0.05) is 30.8 Å². The number of anilines is 1. The van der Waals surface area contributed by atoms with Gasteiger partial charge in [-0.2, -0.15) is 23.4 Å². The molecule has 1 aliphatic rings. The average molecular weight is 461 g/mol. The predicted octanol–water partition coefficient (Wildman–Crippen LogP) is 3.84. The molecule has 2 heterocycles. The van der Waals surface area contributed by atoms with E-state index >= 15 is 0 Å². The summed E-state index contributed by atoms with van der Waals surface area (Å²) in [6, 6.07) is 8.04. The zero-order valence-corrected chi connectivity index (χ0v) is 17.8. The average Bonchev–Trinajstić information content (AvgIpc) is 3.37. The zero-order valence-electron chi connectivity index (χ0n) is 17.8. The van der Waals surface area contributed by atoms with Crippen LogP contribution in [0.3, 0.4) is 0 Å². The molecule has 0 saturated heterocycles. The quantitative estimate of drug-likeness (QED) is 0.515. The Morgan fingerprint density at radius 2 is 2.00 bits per heavy atom. The lowest BCUT2D eigenvalue weighted by atomic mass is 10.1. The highest BCUT2D eigenvalue weighted by Gasteiger charge is 2.37.